The van der Waals surface area contributed by atoms with Crippen molar-refractivity contribution in [3.05, 3.63) is 28.8 Å². The zero-order valence-corrected chi connectivity index (χ0v) is 12.4. The average Bonchev–Trinajstić information content (AvgIpc) is 2.69. The Balaban J connectivity index is 1.87. The van der Waals surface area contributed by atoms with E-state index in [1.54, 1.807) is 12.1 Å². The second-order valence-corrected chi connectivity index (χ2v) is 6.44. The standard InChI is InChI=1S/C16H17ClN2O2/c17-12-2-1-11(9-18)15(8-12)19-13-3-4-14(19)6-10(5-13)7-16(20)21/h1-2,8,10,13-14H,3-7H2,(H,20,21). The van der Waals surface area contributed by atoms with E-state index >= 15 is 0 Å². The van der Waals surface area contributed by atoms with Gasteiger partial charge < -0.3 is 10.0 Å². The van der Waals surface area contributed by atoms with E-state index in [2.05, 4.69) is 11.0 Å². The molecule has 1 aromatic carbocycles. The molecular formula is C16H17ClN2O2. The molecule has 2 bridgehead atoms. The number of piperidine rings is 1. The van der Waals surface area contributed by atoms with Gasteiger partial charge in [0, 0.05) is 23.5 Å². The second kappa shape index (κ2) is 5.57. The van der Waals surface area contributed by atoms with Crippen LogP contribution in [0.15, 0.2) is 18.2 Å². The van der Waals surface area contributed by atoms with Gasteiger partial charge in [0.1, 0.15) is 6.07 Å². The van der Waals surface area contributed by atoms with Crippen molar-refractivity contribution in [3.8, 4) is 6.07 Å². The minimum Gasteiger partial charge on any atom is -0.481 e. The summed E-state index contributed by atoms with van der Waals surface area (Å²) in [6.07, 6.45) is 4.16. The van der Waals surface area contributed by atoms with Gasteiger partial charge in [0.15, 0.2) is 0 Å². The average molecular weight is 305 g/mol. The number of anilines is 1. The first-order valence-corrected chi connectivity index (χ1v) is 7.66. The number of fused-ring (bicyclic) bond motifs is 2. The number of rotatable bonds is 3. The summed E-state index contributed by atoms with van der Waals surface area (Å²) in [4.78, 5) is 13.2. The summed E-state index contributed by atoms with van der Waals surface area (Å²) in [6.45, 7) is 0. The largest absolute Gasteiger partial charge is 0.481 e. The molecule has 1 aromatic rings. The molecule has 2 fully saturated rings. The maximum absolute atomic E-state index is 10.9. The van der Waals surface area contributed by atoms with E-state index in [-0.39, 0.29) is 12.3 Å². The second-order valence-electron chi connectivity index (χ2n) is 6.00. The predicted octanol–water partition coefficient (Wildman–Crippen LogP) is 3.43. The summed E-state index contributed by atoms with van der Waals surface area (Å²) in [6, 6.07) is 8.27. The molecule has 0 saturated carbocycles. The third kappa shape index (κ3) is 2.71. The lowest BCUT2D eigenvalue weighted by molar-refractivity contribution is -0.138. The van der Waals surface area contributed by atoms with Gasteiger partial charge in [-0.05, 0) is 49.8 Å². The Bertz CT molecular complexity index is 597. The van der Waals surface area contributed by atoms with Crippen molar-refractivity contribution in [1.29, 1.82) is 5.26 Å². The molecule has 5 heteroatoms. The molecule has 2 heterocycles. The number of carboxylic acids is 1. The Labute approximate surface area is 128 Å². The fraction of sp³-hybridized carbons (Fsp3) is 0.500. The van der Waals surface area contributed by atoms with Crippen LogP contribution in [0.25, 0.3) is 0 Å². The molecule has 2 aliphatic rings. The van der Waals surface area contributed by atoms with Gasteiger partial charge in [-0.1, -0.05) is 11.6 Å². The third-order valence-corrected chi connectivity index (χ3v) is 4.89. The van der Waals surface area contributed by atoms with Crippen LogP contribution < -0.4 is 4.90 Å². The molecular weight excluding hydrogens is 288 g/mol. The van der Waals surface area contributed by atoms with Crippen LogP contribution in [-0.2, 0) is 4.79 Å². The number of hydrogen-bond donors (Lipinski definition) is 1. The van der Waals surface area contributed by atoms with E-state index in [0.717, 1.165) is 31.4 Å². The van der Waals surface area contributed by atoms with Crippen molar-refractivity contribution in [1.82, 2.24) is 0 Å². The highest BCUT2D eigenvalue weighted by atomic mass is 35.5. The van der Waals surface area contributed by atoms with Crippen LogP contribution in [0.1, 0.15) is 37.7 Å². The Hall–Kier alpha value is -1.73. The maximum atomic E-state index is 10.9. The molecule has 2 aliphatic heterocycles. The maximum Gasteiger partial charge on any atom is 0.303 e. The lowest BCUT2D eigenvalue weighted by Crippen LogP contribution is -2.43. The Kier molecular flexibility index (Phi) is 3.77. The summed E-state index contributed by atoms with van der Waals surface area (Å²) >= 11 is 6.09. The first-order valence-electron chi connectivity index (χ1n) is 7.28. The number of nitriles is 1. The fourth-order valence-corrected chi connectivity index (χ4v) is 4.08. The van der Waals surface area contributed by atoms with Crippen molar-refractivity contribution in [2.75, 3.05) is 4.90 Å². The molecule has 1 N–H and O–H groups in total. The summed E-state index contributed by atoms with van der Waals surface area (Å²) in [5.41, 5.74) is 1.55. The quantitative estimate of drug-likeness (QED) is 0.929. The number of aliphatic carboxylic acids is 1. The summed E-state index contributed by atoms with van der Waals surface area (Å²) in [5.74, 6) is -0.464. The summed E-state index contributed by atoms with van der Waals surface area (Å²) < 4.78 is 0. The number of halogens is 1. The van der Waals surface area contributed by atoms with Crippen LogP contribution >= 0.6 is 11.6 Å². The highest BCUT2D eigenvalue weighted by Gasteiger charge is 2.41. The summed E-state index contributed by atoms with van der Waals surface area (Å²) in [7, 11) is 0. The normalized spacial score (nSPS) is 27.4. The Morgan fingerprint density at radius 1 is 1.38 bits per heavy atom. The molecule has 2 atom stereocenters. The van der Waals surface area contributed by atoms with Gasteiger partial charge in [-0.25, -0.2) is 0 Å². The van der Waals surface area contributed by atoms with E-state index < -0.39 is 5.97 Å². The number of hydrogen-bond acceptors (Lipinski definition) is 3. The number of benzene rings is 1. The van der Waals surface area contributed by atoms with Gasteiger partial charge in [0.2, 0.25) is 0 Å². The zero-order valence-electron chi connectivity index (χ0n) is 11.6. The third-order valence-electron chi connectivity index (χ3n) is 4.65. The Morgan fingerprint density at radius 2 is 2.05 bits per heavy atom. The van der Waals surface area contributed by atoms with Crippen molar-refractivity contribution in [3.63, 3.8) is 0 Å². The smallest absolute Gasteiger partial charge is 0.303 e. The van der Waals surface area contributed by atoms with E-state index in [9.17, 15) is 10.1 Å². The van der Waals surface area contributed by atoms with Crippen molar-refractivity contribution >= 4 is 23.3 Å². The lowest BCUT2D eigenvalue weighted by atomic mass is 9.87. The number of nitrogens with zero attached hydrogens (tertiary/aromatic N) is 2. The van der Waals surface area contributed by atoms with Gasteiger partial charge >= 0.3 is 5.97 Å². The predicted molar refractivity (Wildman–Crippen MR) is 80.4 cm³/mol. The molecule has 110 valence electrons. The van der Waals surface area contributed by atoms with Crippen LogP contribution in [0, 0.1) is 17.2 Å². The Morgan fingerprint density at radius 3 is 2.62 bits per heavy atom. The van der Waals surface area contributed by atoms with E-state index in [1.165, 1.54) is 0 Å². The highest BCUT2D eigenvalue weighted by molar-refractivity contribution is 6.30. The van der Waals surface area contributed by atoms with Gasteiger partial charge in [-0.2, -0.15) is 5.26 Å². The lowest BCUT2D eigenvalue weighted by Gasteiger charge is -2.40. The molecule has 21 heavy (non-hydrogen) atoms. The van der Waals surface area contributed by atoms with Gasteiger partial charge in [-0.15, -0.1) is 0 Å². The van der Waals surface area contributed by atoms with E-state index in [1.807, 2.05) is 6.07 Å². The molecule has 4 nitrogen and oxygen atoms in total. The fourth-order valence-electron chi connectivity index (χ4n) is 3.91. The highest BCUT2D eigenvalue weighted by Crippen LogP contribution is 2.44. The van der Waals surface area contributed by atoms with Crippen LogP contribution in [0.4, 0.5) is 5.69 Å². The molecule has 2 saturated heterocycles. The number of carboxylic acid groups (broad SMARTS) is 1. The zero-order chi connectivity index (χ0) is 15.0. The molecule has 0 aliphatic carbocycles. The topological polar surface area (TPSA) is 64.3 Å². The monoisotopic (exact) mass is 304 g/mol. The van der Waals surface area contributed by atoms with Crippen molar-refractivity contribution < 1.29 is 9.90 Å². The molecule has 0 spiro atoms. The van der Waals surface area contributed by atoms with Gasteiger partial charge in [0.25, 0.3) is 0 Å². The van der Waals surface area contributed by atoms with Crippen molar-refractivity contribution in [2.45, 2.75) is 44.2 Å². The molecule has 0 aromatic heterocycles. The van der Waals surface area contributed by atoms with Crippen LogP contribution in [0.3, 0.4) is 0 Å². The van der Waals surface area contributed by atoms with Crippen LogP contribution in [0.2, 0.25) is 5.02 Å². The van der Waals surface area contributed by atoms with Crippen molar-refractivity contribution in [2.24, 2.45) is 5.92 Å². The first kappa shape index (κ1) is 14.2. The van der Waals surface area contributed by atoms with Gasteiger partial charge in [0.05, 0.1) is 11.3 Å². The molecule has 2 unspecified atom stereocenters. The molecule has 0 amide bonds. The van der Waals surface area contributed by atoms with Crippen LogP contribution in [-0.4, -0.2) is 23.2 Å². The van der Waals surface area contributed by atoms with Crippen LogP contribution in [0.5, 0.6) is 0 Å². The summed E-state index contributed by atoms with van der Waals surface area (Å²) in [5, 5.41) is 18.9. The molecule has 0 radical (unpaired) electrons. The minimum absolute atomic E-state index is 0.251. The van der Waals surface area contributed by atoms with E-state index in [0.29, 0.717) is 22.7 Å². The van der Waals surface area contributed by atoms with Gasteiger partial charge in [-0.3, -0.25) is 4.79 Å². The first-order chi connectivity index (χ1) is 10.1. The number of carbonyl (C=O) groups is 1. The SMILES string of the molecule is N#Cc1ccc(Cl)cc1N1C2CCC1CC(CC(=O)O)C2. The minimum atomic E-state index is -0.715. The van der Waals surface area contributed by atoms with E-state index in [4.69, 9.17) is 16.7 Å². The molecule has 3 rings (SSSR count).